The molecule has 1 aromatic heterocycles. The van der Waals surface area contributed by atoms with Crippen LogP contribution in [0, 0.1) is 6.92 Å². The standard InChI is InChI=1S/C19H23ClN4O/c1-13-11-17(18(25)23-15-8-3-2-4-9-15)24-19(22-13)21-12-14-7-5-6-10-16(14)20/h5-7,10-11,15H,2-4,8-9,12H2,1H3,(H,23,25)(H,21,22,24). The van der Waals surface area contributed by atoms with Crippen LogP contribution < -0.4 is 10.6 Å². The third-order valence-corrected chi connectivity index (χ3v) is 4.79. The van der Waals surface area contributed by atoms with Gasteiger partial charge in [0.25, 0.3) is 5.91 Å². The topological polar surface area (TPSA) is 66.9 Å². The number of benzene rings is 1. The predicted octanol–water partition coefficient (Wildman–Crippen LogP) is 4.11. The van der Waals surface area contributed by atoms with Gasteiger partial charge in [-0.1, -0.05) is 49.1 Å². The molecule has 25 heavy (non-hydrogen) atoms. The first-order valence-corrected chi connectivity index (χ1v) is 9.13. The Balaban J connectivity index is 1.67. The maximum Gasteiger partial charge on any atom is 0.270 e. The molecule has 0 aliphatic heterocycles. The van der Waals surface area contributed by atoms with Crippen LogP contribution in [-0.4, -0.2) is 21.9 Å². The number of carbonyl (C=O) groups is 1. The third kappa shape index (κ3) is 4.92. The van der Waals surface area contributed by atoms with Crippen LogP contribution in [0.4, 0.5) is 5.95 Å². The second-order valence-electron chi connectivity index (χ2n) is 6.47. The molecule has 132 valence electrons. The second-order valence-corrected chi connectivity index (χ2v) is 6.88. The van der Waals surface area contributed by atoms with Crippen molar-refractivity contribution >= 4 is 23.5 Å². The van der Waals surface area contributed by atoms with E-state index in [0.29, 0.717) is 23.2 Å². The van der Waals surface area contributed by atoms with Crippen molar-refractivity contribution in [1.82, 2.24) is 15.3 Å². The molecule has 0 unspecified atom stereocenters. The van der Waals surface area contributed by atoms with Gasteiger partial charge in [-0.2, -0.15) is 0 Å². The maximum atomic E-state index is 12.5. The molecular weight excluding hydrogens is 336 g/mol. The lowest BCUT2D eigenvalue weighted by molar-refractivity contribution is 0.0922. The molecule has 1 aliphatic rings. The summed E-state index contributed by atoms with van der Waals surface area (Å²) in [5.74, 6) is 0.312. The van der Waals surface area contributed by atoms with Crippen LogP contribution in [0.1, 0.15) is 53.8 Å². The molecule has 2 aromatic rings. The monoisotopic (exact) mass is 358 g/mol. The van der Waals surface area contributed by atoms with E-state index in [4.69, 9.17) is 11.6 Å². The number of halogens is 1. The number of amides is 1. The van der Waals surface area contributed by atoms with Gasteiger partial charge in [-0.05, 0) is 37.5 Å². The summed E-state index contributed by atoms with van der Waals surface area (Å²) in [5.41, 5.74) is 2.12. The number of nitrogens with zero attached hydrogens (tertiary/aromatic N) is 2. The van der Waals surface area contributed by atoms with Crippen LogP contribution in [-0.2, 0) is 6.54 Å². The molecule has 0 atom stereocenters. The molecule has 1 aliphatic carbocycles. The molecule has 1 saturated carbocycles. The number of aromatic nitrogens is 2. The van der Waals surface area contributed by atoms with Crippen molar-refractivity contribution in [2.24, 2.45) is 0 Å². The average molecular weight is 359 g/mol. The van der Waals surface area contributed by atoms with E-state index in [-0.39, 0.29) is 11.9 Å². The van der Waals surface area contributed by atoms with E-state index in [9.17, 15) is 4.79 Å². The maximum absolute atomic E-state index is 12.5. The molecule has 1 aromatic carbocycles. The zero-order valence-corrected chi connectivity index (χ0v) is 15.1. The van der Waals surface area contributed by atoms with Crippen LogP contribution >= 0.6 is 11.6 Å². The molecule has 0 saturated heterocycles. The fourth-order valence-corrected chi connectivity index (χ4v) is 3.29. The molecule has 3 rings (SSSR count). The van der Waals surface area contributed by atoms with E-state index in [0.717, 1.165) is 24.1 Å². The SMILES string of the molecule is Cc1cc(C(=O)NC2CCCCC2)nc(NCc2ccccc2Cl)n1. The van der Waals surface area contributed by atoms with Gasteiger partial charge in [0.15, 0.2) is 0 Å². The summed E-state index contributed by atoms with van der Waals surface area (Å²) < 4.78 is 0. The molecule has 5 nitrogen and oxygen atoms in total. The van der Waals surface area contributed by atoms with Gasteiger partial charge in [0, 0.05) is 23.3 Å². The zero-order valence-electron chi connectivity index (χ0n) is 14.4. The Morgan fingerprint density at radius 2 is 1.96 bits per heavy atom. The normalized spacial score (nSPS) is 15.0. The van der Waals surface area contributed by atoms with Crippen molar-refractivity contribution < 1.29 is 4.79 Å². The highest BCUT2D eigenvalue weighted by molar-refractivity contribution is 6.31. The fourth-order valence-electron chi connectivity index (χ4n) is 3.09. The van der Waals surface area contributed by atoms with Gasteiger partial charge in [0.2, 0.25) is 5.95 Å². The van der Waals surface area contributed by atoms with Crippen molar-refractivity contribution in [2.45, 2.75) is 51.6 Å². The summed E-state index contributed by atoms with van der Waals surface area (Å²) in [6, 6.07) is 9.60. The molecule has 1 heterocycles. The Morgan fingerprint density at radius 3 is 2.72 bits per heavy atom. The van der Waals surface area contributed by atoms with E-state index in [1.165, 1.54) is 19.3 Å². The first-order chi connectivity index (χ1) is 12.1. The first-order valence-electron chi connectivity index (χ1n) is 8.75. The summed E-state index contributed by atoms with van der Waals surface area (Å²) in [4.78, 5) is 21.2. The van der Waals surface area contributed by atoms with Gasteiger partial charge < -0.3 is 10.6 Å². The lowest BCUT2D eigenvalue weighted by Gasteiger charge is -2.22. The van der Waals surface area contributed by atoms with Crippen molar-refractivity contribution in [3.8, 4) is 0 Å². The summed E-state index contributed by atoms with van der Waals surface area (Å²) in [7, 11) is 0. The van der Waals surface area contributed by atoms with E-state index < -0.39 is 0 Å². The molecule has 0 spiro atoms. The minimum absolute atomic E-state index is 0.127. The lowest BCUT2D eigenvalue weighted by Crippen LogP contribution is -2.36. The van der Waals surface area contributed by atoms with Crippen LogP contribution in [0.25, 0.3) is 0 Å². The van der Waals surface area contributed by atoms with E-state index in [1.54, 1.807) is 6.07 Å². The minimum atomic E-state index is -0.127. The van der Waals surface area contributed by atoms with Crippen LogP contribution in [0.3, 0.4) is 0 Å². The first kappa shape index (κ1) is 17.7. The predicted molar refractivity (Wildman–Crippen MR) is 99.9 cm³/mol. The molecular formula is C19H23ClN4O. The van der Waals surface area contributed by atoms with Crippen LogP contribution in [0.15, 0.2) is 30.3 Å². The smallest absolute Gasteiger partial charge is 0.270 e. The van der Waals surface area contributed by atoms with Gasteiger partial charge in [-0.25, -0.2) is 9.97 Å². The number of aryl methyl sites for hydroxylation is 1. The fraction of sp³-hybridized carbons (Fsp3) is 0.421. The Morgan fingerprint density at radius 1 is 1.20 bits per heavy atom. The van der Waals surface area contributed by atoms with E-state index in [1.807, 2.05) is 31.2 Å². The second kappa shape index (κ2) is 8.30. The summed E-state index contributed by atoms with van der Waals surface area (Å²) in [5, 5.41) is 6.94. The number of nitrogens with one attached hydrogen (secondary N) is 2. The highest BCUT2D eigenvalue weighted by atomic mass is 35.5. The number of hydrogen-bond acceptors (Lipinski definition) is 4. The average Bonchev–Trinajstić information content (AvgIpc) is 2.61. The van der Waals surface area contributed by atoms with E-state index >= 15 is 0 Å². The zero-order chi connectivity index (χ0) is 17.6. The molecule has 0 bridgehead atoms. The van der Waals surface area contributed by atoms with E-state index in [2.05, 4.69) is 20.6 Å². The molecule has 1 fully saturated rings. The van der Waals surface area contributed by atoms with Crippen molar-refractivity contribution in [3.05, 3.63) is 52.3 Å². The molecule has 6 heteroatoms. The highest BCUT2D eigenvalue weighted by Gasteiger charge is 2.18. The summed E-state index contributed by atoms with van der Waals surface area (Å²) in [6.07, 6.45) is 5.71. The van der Waals surface area contributed by atoms with Crippen molar-refractivity contribution in [2.75, 3.05) is 5.32 Å². The number of hydrogen-bond donors (Lipinski definition) is 2. The van der Waals surface area contributed by atoms with Gasteiger partial charge in [-0.15, -0.1) is 0 Å². The number of rotatable bonds is 5. The quantitative estimate of drug-likeness (QED) is 0.843. The largest absolute Gasteiger partial charge is 0.350 e. The van der Waals surface area contributed by atoms with Crippen molar-refractivity contribution in [3.63, 3.8) is 0 Å². The Kier molecular flexibility index (Phi) is 5.87. The van der Waals surface area contributed by atoms with Crippen LogP contribution in [0.2, 0.25) is 5.02 Å². The van der Waals surface area contributed by atoms with Crippen molar-refractivity contribution in [1.29, 1.82) is 0 Å². The number of anilines is 1. The van der Waals surface area contributed by atoms with Gasteiger partial charge in [0.05, 0.1) is 0 Å². The minimum Gasteiger partial charge on any atom is -0.350 e. The van der Waals surface area contributed by atoms with Gasteiger partial charge in [0.1, 0.15) is 5.69 Å². The summed E-state index contributed by atoms with van der Waals surface area (Å²) in [6.45, 7) is 2.37. The lowest BCUT2D eigenvalue weighted by atomic mass is 9.95. The third-order valence-electron chi connectivity index (χ3n) is 4.42. The highest BCUT2D eigenvalue weighted by Crippen LogP contribution is 2.18. The van der Waals surface area contributed by atoms with Gasteiger partial charge in [-0.3, -0.25) is 4.79 Å². The van der Waals surface area contributed by atoms with Crippen LogP contribution in [0.5, 0.6) is 0 Å². The molecule has 0 radical (unpaired) electrons. The molecule has 1 amide bonds. The van der Waals surface area contributed by atoms with Gasteiger partial charge >= 0.3 is 0 Å². The summed E-state index contributed by atoms with van der Waals surface area (Å²) >= 11 is 6.17. The molecule has 2 N–H and O–H groups in total. The Bertz CT molecular complexity index is 744. The Hall–Kier alpha value is -2.14. The Labute approximate surface area is 153 Å². The number of carbonyl (C=O) groups excluding carboxylic acids is 1.